The number of fused-ring (bicyclic) bond motifs is 1. The molecule has 0 fully saturated rings. The van der Waals surface area contributed by atoms with Gasteiger partial charge in [-0.15, -0.1) is 0 Å². The van der Waals surface area contributed by atoms with E-state index in [4.69, 9.17) is 0 Å². The molecule has 4 heteroatoms. The third-order valence-corrected chi connectivity index (χ3v) is 3.89. The SMILES string of the molecule is CC(=O)c1cc2cc(Br)c(Br)cc2[nH]1. The monoisotopic (exact) mass is 315 g/mol. The maximum absolute atomic E-state index is 11.1. The number of aromatic amines is 1. The van der Waals surface area contributed by atoms with Gasteiger partial charge in [0.05, 0.1) is 5.69 Å². The number of rotatable bonds is 1. The molecule has 0 amide bonds. The van der Waals surface area contributed by atoms with Crippen molar-refractivity contribution in [2.75, 3.05) is 0 Å². The number of aromatic nitrogens is 1. The molecule has 2 rings (SSSR count). The molecule has 72 valence electrons. The Balaban J connectivity index is 2.72. The smallest absolute Gasteiger partial charge is 0.175 e. The van der Waals surface area contributed by atoms with Crippen LogP contribution in [0.4, 0.5) is 0 Å². The van der Waals surface area contributed by atoms with E-state index in [1.807, 2.05) is 18.2 Å². The van der Waals surface area contributed by atoms with Crippen LogP contribution in [-0.4, -0.2) is 10.8 Å². The van der Waals surface area contributed by atoms with Crippen LogP contribution in [0.25, 0.3) is 10.9 Å². The first-order chi connectivity index (χ1) is 6.58. The molecule has 2 nitrogen and oxygen atoms in total. The van der Waals surface area contributed by atoms with Gasteiger partial charge in [0.1, 0.15) is 0 Å². The average molecular weight is 317 g/mol. The first-order valence-electron chi connectivity index (χ1n) is 4.06. The van der Waals surface area contributed by atoms with Crippen molar-refractivity contribution in [2.24, 2.45) is 0 Å². The van der Waals surface area contributed by atoms with E-state index in [0.29, 0.717) is 5.69 Å². The molecule has 0 bridgehead atoms. The Hall–Kier alpha value is -0.610. The van der Waals surface area contributed by atoms with E-state index in [2.05, 4.69) is 36.8 Å². The number of hydrogen-bond acceptors (Lipinski definition) is 1. The second-order valence-electron chi connectivity index (χ2n) is 3.09. The van der Waals surface area contributed by atoms with Crippen molar-refractivity contribution in [1.82, 2.24) is 4.98 Å². The number of carbonyl (C=O) groups is 1. The second kappa shape index (κ2) is 3.51. The van der Waals surface area contributed by atoms with E-state index in [1.54, 1.807) is 6.92 Å². The van der Waals surface area contributed by atoms with Gasteiger partial charge in [0.15, 0.2) is 5.78 Å². The van der Waals surface area contributed by atoms with E-state index in [0.717, 1.165) is 19.8 Å². The predicted molar refractivity (Wildman–Crippen MR) is 63.7 cm³/mol. The summed E-state index contributed by atoms with van der Waals surface area (Å²) in [4.78, 5) is 14.2. The zero-order chi connectivity index (χ0) is 10.3. The Labute approximate surface area is 97.9 Å². The fourth-order valence-electron chi connectivity index (χ4n) is 1.32. The number of benzene rings is 1. The van der Waals surface area contributed by atoms with Gasteiger partial charge in [-0.25, -0.2) is 0 Å². The molecule has 0 aliphatic carbocycles. The normalized spacial score (nSPS) is 10.8. The topological polar surface area (TPSA) is 32.9 Å². The van der Waals surface area contributed by atoms with Gasteiger partial charge in [-0.3, -0.25) is 4.79 Å². The summed E-state index contributed by atoms with van der Waals surface area (Å²) in [6.07, 6.45) is 0. The van der Waals surface area contributed by atoms with Crippen molar-refractivity contribution in [3.63, 3.8) is 0 Å². The number of halogens is 2. The van der Waals surface area contributed by atoms with Crippen molar-refractivity contribution in [2.45, 2.75) is 6.92 Å². The van der Waals surface area contributed by atoms with Gasteiger partial charge in [-0.2, -0.15) is 0 Å². The Morgan fingerprint density at radius 1 is 1.21 bits per heavy atom. The third-order valence-electron chi connectivity index (χ3n) is 2.04. The summed E-state index contributed by atoms with van der Waals surface area (Å²) in [5.41, 5.74) is 1.61. The number of ketones is 1. The summed E-state index contributed by atoms with van der Waals surface area (Å²) >= 11 is 6.83. The molecule has 1 N–H and O–H groups in total. The summed E-state index contributed by atoms with van der Waals surface area (Å²) < 4.78 is 1.96. The number of H-pyrrole nitrogens is 1. The lowest BCUT2D eigenvalue weighted by Gasteiger charge is -1.95. The minimum atomic E-state index is 0.0495. The quantitative estimate of drug-likeness (QED) is 0.795. The molecular formula is C10H7Br2NO. The van der Waals surface area contributed by atoms with E-state index in [1.165, 1.54) is 0 Å². The van der Waals surface area contributed by atoms with Crippen molar-refractivity contribution < 1.29 is 4.79 Å². The highest BCUT2D eigenvalue weighted by Gasteiger charge is 2.06. The van der Waals surface area contributed by atoms with Gasteiger partial charge >= 0.3 is 0 Å². The standard InChI is InChI=1S/C10H7Br2NO/c1-5(14)9-3-6-2-7(11)8(12)4-10(6)13-9/h2-4,13H,1H3. The molecule has 14 heavy (non-hydrogen) atoms. The number of hydrogen-bond donors (Lipinski definition) is 1. The minimum absolute atomic E-state index is 0.0495. The van der Waals surface area contributed by atoms with Gasteiger partial charge in [-0.05, 0) is 50.1 Å². The summed E-state index contributed by atoms with van der Waals surface area (Å²) in [7, 11) is 0. The lowest BCUT2D eigenvalue weighted by molar-refractivity contribution is 0.101. The largest absolute Gasteiger partial charge is 0.352 e. The molecule has 0 unspecified atom stereocenters. The van der Waals surface area contributed by atoms with Crippen LogP contribution in [0.5, 0.6) is 0 Å². The van der Waals surface area contributed by atoms with E-state index < -0.39 is 0 Å². The summed E-state index contributed by atoms with van der Waals surface area (Å²) in [5, 5.41) is 1.03. The van der Waals surface area contributed by atoms with Gasteiger partial charge in [0, 0.05) is 26.8 Å². The molecule has 0 atom stereocenters. The summed E-state index contributed by atoms with van der Waals surface area (Å²) in [6.45, 7) is 1.55. The van der Waals surface area contributed by atoms with Crippen LogP contribution in [0.15, 0.2) is 27.1 Å². The molecule has 0 radical (unpaired) electrons. The van der Waals surface area contributed by atoms with E-state index in [9.17, 15) is 4.79 Å². The van der Waals surface area contributed by atoms with Crippen molar-refractivity contribution in [3.05, 3.63) is 32.8 Å². The lowest BCUT2D eigenvalue weighted by Crippen LogP contribution is -1.89. The fraction of sp³-hybridized carbons (Fsp3) is 0.100. The Bertz CT molecular complexity index is 477. The van der Waals surface area contributed by atoms with Crippen LogP contribution in [0.1, 0.15) is 17.4 Å². The molecule has 1 heterocycles. The molecular weight excluding hydrogens is 310 g/mol. The zero-order valence-electron chi connectivity index (χ0n) is 7.40. The first kappa shape index (κ1) is 9.93. The second-order valence-corrected chi connectivity index (χ2v) is 4.80. The molecule has 1 aromatic carbocycles. The third kappa shape index (κ3) is 1.64. The highest BCUT2D eigenvalue weighted by molar-refractivity contribution is 9.13. The highest BCUT2D eigenvalue weighted by atomic mass is 79.9. The minimum Gasteiger partial charge on any atom is -0.352 e. The zero-order valence-corrected chi connectivity index (χ0v) is 10.6. The van der Waals surface area contributed by atoms with Gasteiger partial charge in [0.2, 0.25) is 0 Å². The molecule has 2 aromatic rings. The number of carbonyl (C=O) groups excluding carboxylic acids is 1. The molecule has 0 saturated heterocycles. The molecule has 0 aliphatic heterocycles. The van der Waals surface area contributed by atoms with Gasteiger partial charge in [0.25, 0.3) is 0 Å². The average Bonchev–Trinajstić information content (AvgIpc) is 2.48. The van der Waals surface area contributed by atoms with E-state index in [-0.39, 0.29) is 5.78 Å². The maximum Gasteiger partial charge on any atom is 0.175 e. The molecule has 1 aromatic heterocycles. The molecule has 0 spiro atoms. The Morgan fingerprint density at radius 3 is 2.50 bits per heavy atom. The summed E-state index contributed by atoms with van der Waals surface area (Å²) in [5.74, 6) is 0.0495. The van der Waals surface area contributed by atoms with Crippen LogP contribution in [0.3, 0.4) is 0 Å². The van der Waals surface area contributed by atoms with Crippen LogP contribution in [-0.2, 0) is 0 Å². The summed E-state index contributed by atoms with van der Waals surface area (Å²) in [6, 6.07) is 5.78. The fourth-order valence-corrected chi connectivity index (χ4v) is 2.02. The van der Waals surface area contributed by atoms with Crippen LogP contribution in [0, 0.1) is 0 Å². The van der Waals surface area contributed by atoms with Crippen LogP contribution in [0.2, 0.25) is 0 Å². The Morgan fingerprint density at radius 2 is 1.86 bits per heavy atom. The van der Waals surface area contributed by atoms with Crippen molar-refractivity contribution in [3.8, 4) is 0 Å². The van der Waals surface area contributed by atoms with Crippen LogP contribution >= 0.6 is 31.9 Å². The van der Waals surface area contributed by atoms with Crippen LogP contribution < -0.4 is 0 Å². The molecule has 0 saturated carbocycles. The van der Waals surface area contributed by atoms with Crippen molar-refractivity contribution >= 4 is 48.5 Å². The first-order valence-corrected chi connectivity index (χ1v) is 5.65. The highest BCUT2D eigenvalue weighted by Crippen LogP contribution is 2.28. The van der Waals surface area contributed by atoms with Crippen molar-refractivity contribution in [1.29, 1.82) is 0 Å². The number of Topliss-reactive ketones (excluding diaryl/α,β-unsaturated/α-hetero) is 1. The van der Waals surface area contributed by atoms with Gasteiger partial charge in [-0.1, -0.05) is 0 Å². The lowest BCUT2D eigenvalue weighted by atomic mass is 10.2. The Kier molecular flexibility index (Phi) is 2.49. The number of nitrogens with one attached hydrogen (secondary N) is 1. The predicted octanol–water partition coefficient (Wildman–Crippen LogP) is 3.90. The van der Waals surface area contributed by atoms with Gasteiger partial charge < -0.3 is 4.98 Å². The van der Waals surface area contributed by atoms with E-state index >= 15 is 0 Å². The maximum atomic E-state index is 11.1. The molecule has 0 aliphatic rings.